The molecule has 0 aromatic heterocycles. The summed E-state index contributed by atoms with van der Waals surface area (Å²) in [6.45, 7) is 3.72. The summed E-state index contributed by atoms with van der Waals surface area (Å²) in [4.78, 5) is 2.20. The Balaban J connectivity index is 2.28. The van der Waals surface area contributed by atoms with Gasteiger partial charge in [0, 0.05) is 24.4 Å². The van der Waals surface area contributed by atoms with E-state index in [0.29, 0.717) is 18.0 Å². The largest absolute Gasteiger partial charge is 0.399 e. The van der Waals surface area contributed by atoms with Gasteiger partial charge in [-0.3, -0.25) is 0 Å². The molecule has 0 radical (unpaired) electrons. The SMILES string of the molecule is CC1CCC2(CC1)C(C#N)=C(N)C(C#N)(C#N)C1=CCN(C)C[C@H]12. The average molecular weight is 321 g/mol. The summed E-state index contributed by atoms with van der Waals surface area (Å²) >= 11 is 0. The minimum Gasteiger partial charge on any atom is -0.399 e. The second-order valence-electron chi connectivity index (χ2n) is 7.65. The smallest absolute Gasteiger partial charge is 0.204 e. The van der Waals surface area contributed by atoms with Crippen LogP contribution in [0.4, 0.5) is 0 Å². The third kappa shape index (κ3) is 2.00. The normalized spacial score (nSPS) is 35.4. The van der Waals surface area contributed by atoms with Crippen LogP contribution in [0.1, 0.15) is 32.6 Å². The summed E-state index contributed by atoms with van der Waals surface area (Å²) in [6, 6.07) is 6.60. The number of allylic oxidation sites excluding steroid dienone is 2. The zero-order valence-electron chi connectivity index (χ0n) is 14.3. The zero-order chi connectivity index (χ0) is 17.5. The molecule has 0 aromatic carbocycles. The molecule has 0 aromatic rings. The molecule has 1 spiro atoms. The number of fused-ring (bicyclic) bond motifs is 2. The Morgan fingerprint density at radius 1 is 1.21 bits per heavy atom. The quantitative estimate of drug-likeness (QED) is 0.691. The summed E-state index contributed by atoms with van der Waals surface area (Å²) in [7, 11) is 2.04. The Bertz CT molecular complexity index is 717. The molecular formula is C19H23N5. The lowest BCUT2D eigenvalue weighted by Gasteiger charge is -2.53. The summed E-state index contributed by atoms with van der Waals surface area (Å²) in [5.74, 6) is 0.661. The lowest BCUT2D eigenvalue weighted by Crippen LogP contribution is -2.53. The van der Waals surface area contributed by atoms with Gasteiger partial charge in [-0.15, -0.1) is 0 Å². The molecule has 0 bridgehead atoms. The van der Waals surface area contributed by atoms with Gasteiger partial charge >= 0.3 is 0 Å². The standard InChI is InChI=1S/C19H23N5/c1-13-3-6-18(7-4-13)15(9-20)17(23)19(11-21,12-22)14-5-8-24(2)10-16(14)18/h5,13,16H,3-4,6-8,10,23H2,1-2H3/t13?,16-,18?/m1/s1. The molecule has 1 aliphatic heterocycles. The Labute approximate surface area is 143 Å². The molecule has 3 aliphatic rings. The van der Waals surface area contributed by atoms with E-state index in [0.717, 1.165) is 37.8 Å². The van der Waals surface area contributed by atoms with Gasteiger partial charge < -0.3 is 10.6 Å². The van der Waals surface area contributed by atoms with E-state index >= 15 is 0 Å². The van der Waals surface area contributed by atoms with Crippen molar-refractivity contribution in [3.63, 3.8) is 0 Å². The van der Waals surface area contributed by atoms with E-state index in [4.69, 9.17) is 5.73 Å². The zero-order valence-corrected chi connectivity index (χ0v) is 14.3. The van der Waals surface area contributed by atoms with Gasteiger partial charge in [0.15, 0.2) is 0 Å². The molecule has 1 saturated carbocycles. The minimum atomic E-state index is -1.48. The second kappa shape index (κ2) is 5.66. The van der Waals surface area contributed by atoms with Crippen molar-refractivity contribution in [3.05, 3.63) is 22.9 Å². The molecule has 1 atom stereocenters. The number of rotatable bonds is 0. The number of hydrogen-bond acceptors (Lipinski definition) is 5. The topological polar surface area (TPSA) is 101 Å². The molecule has 5 heteroatoms. The van der Waals surface area contributed by atoms with E-state index < -0.39 is 5.41 Å². The van der Waals surface area contributed by atoms with E-state index in [9.17, 15) is 15.8 Å². The van der Waals surface area contributed by atoms with Crippen molar-refractivity contribution in [1.29, 1.82) is 15.8 Å². The molecule has 3 rings (SSSR count). The third-order valence-corrected chi connectivity index (χ3v) is 6.38. The van der Waals surface area contributed by atoms with Gasteiger partial charge in [-0.1, -0.05) is 13.0 Å². The van der Waals surface area contributed by atoms with Crippen LogP contribution in [0.15, 0.2) is 22.9 Å². The molecule has 124 valence electrons. The van der Waals surface area contributed by atoms with Crippen LogP contribution in [0.25, 0.3) is 0 Å². The summed E-state index contributed by atoms with van der Waals surface area (Å²) < 4.78 is 0. The Kier molecular flexibility index (Phi) is 3.90. The highest BCUT2D eigenvalue weighted by Gasteiger charge is 2.58. The van der Waals surface area contributed by atoms with Gasteiger partial charge in [0.05, 0.1) is 29.5 Å². The van der Waals surface area contributed by atoms with Gasteiger partial charge in [-0.25, -0.2) is 0 Å². The van der Waals surface area contributed by atoms with Crippen LogP contribution in [0.5, 0.6) is 0 Å². The maximum absolute atomic E-state index is 9.88. The van der Waals surface area contributed by atoms with Gasteiger partial charge in [0.1, 0.15) is 0 Å². The Morgan fingerprint density at radius 3 is 2.38 bits per heavy atom. The number of likely N-dealkylation sites (N-methyl/N-ethyl adjacent to an activating group) is 1. The fourth-order valence-electron chi connectivity index (χ4n) is 4.88. The van der Waals surface area contributed by atoms with Crippen LogP contribution in [0.2, 0.25) is 0 Å². The number of nitrogens with two attached hydrogens (primary N) is 1. The first-order chi connectivity index (χ1) is 11.4. The van der Waals surface area contributed by atoms with Crippen molar-refractivity contribution < 1.29 is 0 Å². The van der Waals surface area contributed by atoms with Crippen LogP contribution < -0.4 is 5.73 Å². The highest BCUT2D eigenvalue weighted by molar-refractivity contribution is 5.57. The first-order valence-corrected chi connectivity index (χ1v) is 8.57. The van der Waals surface area contributed by atoms with Gasteiger partial charge in [0.2, 0.25) is 5.41 Å². The predicted molar refractivity (Wildman–Crippen MR) is 89.6 cm³/mol. The minimum absolute atomic E-state index is 0.0185. The number of hydrogen-bond donors (Lipinski definition) is 1. The van der Waals surface area contributed by atoms with Crippen LogP contribution >= 0.6 is 0 Å². The van der Waals surface area contributed by atoms with Crippen LogP contribution in [-0.4, -0.2) is 25.0 Å². The molecule has 1 fully saturated rings. The summed E-state index contributed by atoms with van der Waals surface area (Å²) in [5, 5.41) is 29.5. The van der Waals surface area contributed by atoms with Crippen LogP contribution in [0, 0.1) is 56.7 Å². The maximum atomic E-state index is 9.88. The molecule has 0 unspecified atom stereocenters. The van der Waals surface area contributed by atoms with Crippen molar-refractivity contribution in [2.75, 3.05) is 20.1 Å². The highest BCUT2D eigenvalue weighted by Crippen LogP contribution is 2.60. The predicted octanol–water partition coefficient (Wildman–Crippen LogP) is 2.45. The van der Waals surface area contributed by atoms with Crippen molar-refractivity contribution in [2.24, 2.45) is 28.4 Å². The molecule has 0 saturated heterocycles. The van der Waals surface area contributed by atoms with E-state index in [1.54, 1.807) is 0 Å². The van der Waals surface area contributed by atoms with Gasteiger partial charge in [-0.2, -0.15) is 15.8 Å². The fourth-order valence-corrected chi connectivity index (χ4v) is 4.88. The summed E-state index contributed by atoms with van der Waals surface area (Å²) in [6.07, 6.45) is 5.92. The lowest BCUT2D eigenvalue weighted by atomic mass is 9.50. The number of nitriles is 3. The highest BCUT2D eigenvalue weighted by atomic mass is 15.1. The van der Waals surface area contributed by atoms with Crippen molar-refractivity contribution in [2.45, 2.75) is 32.6 Å². The Hall–Kier alpha value is -2.29. The van der Waals surface area contributed by atoms with Crippen LogP contribution in [-0.2, 0) is 0 Å². The Morgan fingerprint density at radius 2 is 1.83 bits per heavy atom. The third-order valence-electron chi connectivity index (χ3n) is 6.38. The average Bonchev–Trinajstić information content (AvgIpc) is 2.59. The van der Waals surface area contributed by atoms with Crippen LogP contribution in [0.3, 0.4) is 0 Å². The molecular weight excluding hydrogens is 298 g/mol. The molecule has 1 heterocycles. The van der Waals surface area contributed by atoms with Crippen molar-refractivity contribution in [1.82, 2.24) is 4.90 Å². The fraction of sp³-hybridized carbons (Fsp3) is 0.632. The second-order valence-corrected chi connectivity index (χ2v) is 7.65. The molecule has 2 N–H and O–H groups in total. The number of nitrogens with zero attached hydrogens (tertiary/aromatic N) is 4. The van der Waals surface area contributed by atoms with E-state index in [1.165, 1.54) is 0 Å². The molecule has 24 heavy (non-hydrogen) atoms. The first kappa shape index (κ1) is 16.6. The van der Waals surface area contributed by atoms with Gasteiger partial charge in [-0.05, 0) is 44.2 Å². The lowest BCUT2D eigenvalue weighted by molar-refractivity contribution is 0.0914. The first-order valence-electron chi connectivity index (χ1n) is 8.57. The van der Waals surface area contributed by atoms with Gasteiger partial charge in [0.25, 0.3) is 0 Å². The molecule has 0 amide bonds. The maximum Gasteiger partial charge on any atom is 0.204 e. The van der Waals surface area contributed by atoms with E-state index in [1.807, 2.05) is 13.1 Å². The molecule has 5 nitrogen and oxygen atoms in total. The van der Waals surface area contributed by atoms with Crippen molar-refractivity contribution >= 4 is 0 Å². The molecule has 2 aliphatic carbocycles. The summed E-state index contributed by atoms with van der Waals surface area (Å²) in [5.41, 5.74) is 6.03. The van der Waals surface area contributed by atoms with E-state index in [-0.39, 0.29) is 17.0 Å². The van der Waals surface area contributed by atoms with E-state index in [2.05, 4.69) is 30.0 Å². The van der Waals surface area contributed by atoms with Crippen molar-refractivity contribution in [3.8, 4) is 18.2 Å². The monoisotopic (exact) mass is 321 g/mol.